The molecule has 0 unspecified atom stereocenters. The third kappa shape index (κ3) is 7.85. The Morgan fingerprint density at radius 3 is 2.37 bits per heavy atom. The summed E-state index contributed by atoms with van der Waals surface area (Å²) in [6.07, 6.45) is 2.96. The monoisotopic (exact) mass is 477 g/mol. The van der Waals surface area contributed by atoms with Crippen molar-refractivity contribution in [1.82, 2.24) is 14.9 Å². The maximum atomic E-state index is 12.4. The first-order valence-corrected chi connectivity index (χ1v) is 11.7. The van der Waals surface area contributed by atoms with Crippen LogP contribution in [0.3, 0.4) is 0 Å². The number of rotatable bonds is 9. The molecular weight excluding hydrogens is 442 g/mol. The molecule has 0 spiro atoms. The van der Waals surface area contributed by atoms with Crippen LogP contribution >= 0.6 is 0 Å². The number of amides is 1. The maximum Gasteiger partial charge on any atom is 0.412 e. The number of anilines is 1. The molecule has 0 aliphatic heterocycles. The van der Waals surface area contributed by atoms with Crippen molar-refractivity contribution in [2.24, 2.45) is 5.73 Å². The van der Waals surface area contributed by atoms with Crippen LogP contribution in [0.1, 0.15) is 54.4 Å². The minimum Gasteiger partial charge on any atom is -0.444 e. The van der Waals surface area contributed by atoms with E-state index in [0.717, 1.165) is 27.9 Å². The smallest absolute Gasteiger partial charge is 0.412 e. The van der Waals surface area contributed by atoms with Crippen molar-refractivity contribution in [1.29, 1.82) is 0 Å². The molecule has 2 heterocycles. The van der Waals surface area contributed by atoms with Gasteiger partial charge in [0.05, 0.1) is 23.7 Å². The van der Waals surface area contributed by atoms with E-state index in [1.165, 1.54) is 0 Å². The number of hydrogen-bond donors (Lipinski definition) is 3. The lowest BCUT2D eigenvalue weighted by Gasteiger charge is -2.25. The topological polar surface area (TPSA) is 114 Å². The maximum absolute atomic E-state index is 12.4. The second kappa shape index (κ2) is 11.9. The number of nitrogens with zero attached hydrogens (tertiary/aromatic N) is 3. The summed E-state index contributed by atoms with van der Waals surface area (Å²) in [5, 5.41) is 12.8. The number of hydrogen-bond acceptors (Lipinski definition) is 7. The Balaban J connectivity index is 1.90. The molecular formula is C27H35N5O3. The first-order valence-electron chi connectivity index (χ1n) is 11.7. The SMILES string of the molecule is Cc1cccnc1CN(Cc1ccc(CN)cc1CO)Cc1ncccc1NC(=O)OC(C)(C)C. The van der Waals surface area contributed by atoms with E-state index in [1.807, 2.05) is 64.1 Å². The van der Waals surface area contributed by atoms with Gasteiger partial charge in [0, 0.05) is 38.6 Å². The van der Waals surface area contributed by atoms with E-state index in [9.17, 15) is 9.90 Å². The molecule has 35 heavy (non-hydrogen) atoms. The summed E-state index contributed by atoms with van der Waals surface area (Å²) >= 11 is 0. The molecule has 3 rings (SSSR count). The molecule has 3 aromatic rings. The van der Waals surface area contributed by atoms with E-state index in [-0.39, 0.29) is 6.61 Å². The molecule has 0 radical (unpaired) electrons. The highest BCUT2D eigenvalue weighted by Gasteiger charge is 2.19. The standard InChI is InChI=1S/C27H35N5O3/c1-19-7-5-11-29-24(19)16-32(15-21-10-9-20(14-28)13-22(21)18-33)17-25-23(8-6-12-30-25)31-26(34)35-27(2,3)4/h5-13,33H,14-18,28H2,1-4H3,(H,31,34). The van der Waals surface area contributed by atoms with Gasteiger partial charge in [-0.15, -0.1) is 0 Å². The fourth-order valence-electron chi connectivity index (χ4n) is 3.72. The number of nitrogens with one attached hydrogen (secondary N) is 1. The fourth-order valence-corrected chi connectivity index (χ4v) is 3.72. The lowest BCUT2D eigenvalue weighted by molar-refractivity contribution is 0.0635. The van der Waals surface area contributed by atoms with E-state index >= 15 is 0 Å². The van der Waals surface area contributed by atoms with Crippen LogP contribution in [0.4, 0.5) is 10.5 Å². The van der Waals surface area contributed by atoms with Crippen LogP contribution in [0.5, 0.6) is 0 Å². The van der Waals surface area contributed by atoms with Gasteiger partial charge in [0.2, 0.25) is 0 Å². The molecule has 8 nitrogen and oxygen atoms in total. The minimum atomic E-state index is -0.606. The summed E-state index contributed by atoms with van der Waals surface area (Å²) in [6, 6.07) is 13.5. The Morgan fingerprint density at radius 2 is 1.71 bits per heavy atom. The zero-order valence-corrected chi connectivity index (χ0v) is 20.9. The summed E-state index contributed by atoms with van der Waals surface area (Å²) in [5.74, 6) is 0. The Morgan fingerprint density at radius 1 is 1.03 bits per heavy atom. The van der Waals surface area contributed by atoms with E-state index < -0.39 is 11.7 Å². The molecule has 1 aromatic carbocycles. The molecule has 0 bridgehead atoms. The number of benzene rings is 1. The van der Waals surface area contributed by atoms with E-state index in [0.29, 0.717) is 37.6 Å². The second-order valence-electron chi connectivity index (χ2n) is 9.50. The number of pyridine rings is 2. The van der Waals surface area contributed by atoms with Gasteiger partial charge in [0.25, 0.3) is 0 Å². The quantitative estimate of drug-likeness (QED) is 0.421. The Bertz CT molecular complexity index is 1140. The summed E-state index contributed by atoms with van der Waals surface area (Å²) in [7, 11) is 0. The van der Waals surface area contributed by atoms with Gasteiger partial charge in [-0.05, 0) is 68.1 Å². The normalized spacial score (nSPS) is 11.5. The third-order valence-electron chi connectivity index (χ3n) is 5.46. The molecule has 2 aromatic heterocycles. The van der Waals surface area contributed by atoms with Crippen molar-refractivity contribution in [2.45, 2.75) is 66.1 Å². The van der Waals surface area contributed by atoms with E-state index in [1.54, 1.807) is 18.5 Å². The largest absolute Gasteiger partial charge is 0.444 e. The zero-order chi connectivity index (χ0) is 25.4. The molecule has 1 amide bonds. The molecule has 186 valence electrons. The van der Waals surface area contributed by atoms with Gasteiger partial charge in [0.1, 0.15) is 5.60 Å². The van der Waals surface area contributed by atoms with Crippen molar-refractivity contribution in [3.63, 3.8) is 0 Å². The van der Waals surface area contributed by atoms with Gasteiger partial charge >= 0.3 is 6.09 Å². The Kier molecular flexibility index (Phi) is 8.92. The minimum absolute atomic E-state index is 0.0747. The van der Waals surface area contributed by atoms with Crippen molar-refractivity contribution in [2.75, 3.05) is 5.32 Å². The summed E-state index contributed by atoms with van der Waals surface area (Å²) in [5.41, 5.74) is 11.3. The molecule has 0 aliphatic carbocycles. The van der Waals surface area contributed by atoms with Gasteiger partial charge < -0.3 is 15.6 Å². The number of carbonyl (C=O) groups is 1. The highest BCUT2D eigenvalue weighted by molar-refractivity contribution is 5.85. The lowest BCUT2D eigenvalue weighted by atomic mass is 10.0. The Hall–Kier alpha value is -3.33. The van der Waals surface area contributed by atoms with Gasteiger partial charge in [-0.25, -0.2) is 4.79 Å². The molecule has 0 atom stereocenters. The number of nitrogens with two attached hydrogens (primary N) is 1. The average Bonchev–Trinajstić information content (AvgIpc) is 2.80. The number of aliphatic hydroxyl groups is 1. The number of ether oxygens (including phenoxy) is 1. The van der Waals surface area contributed by atoms with Crippen LogP contribution in [0.2, 0.25) is 0 Å². The fraction of sp³-hybridized carbons (Fsp3) is 0.370. The highest BCUT2D eigenvalue weighted by atomic mass is 16.6. The van der Waals surface area contributed by atoms with Crippen LogP contribution in [0.15, 0.2) is 54.9 Å². The number of carbonyl (C=O) groups excluding carboxylic acids is 1. The van der Waals surface area contributed by atoms with E-state index in [4.69, 9.17) is 10.5 Å². The van der Waals surface area contributed by atoms with Crippen LogP contribution in [0, 0.1) is 6.92 Å². The van der Waals surface area contributed by atoms with Gasteiger partial charge in [-0.1, -0.05) is 24.3 Å². The highest BCUT2D eigenvalue weighted by Crippen LogP contribution is 2.22. The number of aromatic nitrogens is 2. The van der Waals surface area contributed by atoms with Crippen molar-refractivity contribution < 1.29 is 14.6 Å². The van der Waals surface area contributed by atoms with Crippen LogP contribution in [0.25, 0.3) is 0 Å². The van der Waals surface area contributed by atoms with Crippen LogP contribution in [-0.4, -0.2) is 31.7 Å². The van der Waals surface area contributed by atoms with Crippen molar-refractivity contribution >= 4 is 11.8 Å². The van der Waals surface area contributed by atoms with Crippen molar-refractivity contribution in [3.8, 4) is 0 Å². The molecule has 0 saturated carbocycles. The zero-order valence-electron chi connectivity index (χ0n) is 20.9. The third-order valence-corrected chi connectivity index (χ3v) is 5.46. The predicted molar refractivity (Wildman–Crippen MR) is 136 cm³/mol. The molecule has 0 saturated heterocycles. The number of aliphatic hydroxyl groups excluding tert-OH is 1. The Labute approximate surface area is 207 Å². The average molecular weight is 478 g/mol. The second-order valence-corrected chi connectivity index (χ2v) is 9.50. The lowest BCUT2D eigenvalue weighted by Crippen LogP contribution is -2.29. The molecule has 0 aliphatic rings. The first-order chi connectivity index (χ1) is 16.7. The predicted octanol–water partition coefficient (Wildman–Crippen LogP) is 4.29. The van der Waals surface area contributed by atoms with Crippen molar-refractivity contribution in [3.05, 3.63) is 88.5 Å². The summed E-state index contributed by atoms with van der Waals surface area (Å²) < 4.78 is 5.42. The molecule has 8 heteroatoms. The molecule has 0 fully saturated rings. The van der Waals surface area contributed by atoms with Crippen LogP contribution < -0.4 is 11.1 Å². The van der Waals surface area contributed by atoms with Gasteiger partial charge in [0.15, 0.2) is 0 Å². The van der Waals surface area contributed by atoms with E-state index in [2.05, 4.69) is 20.2 Å². The van der Waals surface area contributed by atoms with Gasteiger partial charge in [-0.2, -0.15) is 0 Å². The number of aryl methyl sites for hydroxylation is 1. The van der Waals surface area contributed by atoms with Crippen LogP contribution in [-0.2, 0) is 37.5 Å². The summed E-state index contributed by atoms with van der Waals surface area (Å²) in [6.45, 7) is 9.41. The molecule has 4 N–H and O–H groups in total. The summed E-state index contributed by atoms with van der Waals surface area (Å²) in [4.78, 5) is 23.7. The van der Waals surface area contributed by atoms with Gasteiger partial charge in [-0.3, -0.25) is 20.2 Å². The first kappa shape index (κ1) is 26.3.